The van der Waals surface area contributed by atoms with Gasteiger partial charge in [0, 0.05) is 59.3 Å². The van der Waals surface area contributed by atoms with Crippen molar-refractivity contribution in [3.05, 3.63) is 59.9 Å². The zero-order valence-electron chi connectivity index (χ0n) is 20.3. The number of anilines is 2. The van der Waals surface area contributed by atoms with Crippen LogP contribution >= 0.6 is 0 Å². The van der Waals surface area contributed by atoms with E-state index in [0.717, 1.165) is 62.0 Å². The summed E-state index contributed by atoms with van der Waals surface area (Å²) in [4.78, 5) is 2.25. The quantitative estimate of drug-likeness (QED) is 0.527. The molecule has 2 saturated heterocycles. The lowest BCUT2D eigenvalue weighted by atomic mass is 10.0. The van der Waals surface area contributed by atoms with Gasteiger partial charge in [-0.05, 0) is 74.7 Å². The molecule has 3 heterocycles. The Labute approximate surface area is 213 Å². The highest BCUT2D eigenvalue weighted by Crippen LogP contribution is 2.29. The van der Waals surface area contributed by atoms with E-state index < -0.39 is 16.6 Å². The molecule has 7 nitrogen and oxygen atoms in total. The number of aromatic nitrogens is 2. The molecule has 0 saturated carbocycles. The Kier molecular flexibility index (Phi) is 7.63. The molecule has 36 heavy (non-hydrogen) atoms. The molecule has 2 aliphatic heterocycles. The van der Waals surface area contributed by atoms with Crippen LogP contribution in [0.3, 0.4) is 0 Å². The predicted octanol–water partition coefficient (Wildman–Crippen LogP) is 3.92. The molecule has 0 spiro atoms. The van der Waals surface area contributed by atoms with E-state index in [2.05, 4.69) is 27.7 Å². The van der Waals surface area contributed by atoms with E-state index in [9.17, 15) is 8.60 Å². The van der Waals surface area contributed by atoms with Crippen molar-refractivity contribution in [2.24, 2.45) is 5.92 Å². The standard InChI is InChI=1S/C27H31FN6OS/c28-25-16-21(3-4-22(25)18-29)26-17-27(31-19-20-2-1-10-30-11-9-20)32-34(26)24-7-5-23(6-8-24)33-12-14-36(35)15-13-33/h3-8,16-17,20,30H,1-2,9-15,19H2,(H,31,32)/t20-/m0/s1. The Morgan fingerprint density at radius 2 is 1.86 bits per heavy atom. The van der Waals surface area contributed by atoms with Gasteiger partial charge in [0.2, 0.25) is 0 Å². The van der Waals surface area contributed by atoms with Crippen molar-refractivity contribution in [1.82, 2.24) is 15.1 Å². The van der Waals surface area contributed by atoms with Crippen LogP contribution in [-0.2, 0) is 10.8 Å². The van der Waals surface area contributed by atoms with E-state index in [-0.39, 0.29) is 5.56 Å². The van der Waals surface area contributed by atoms with E-state index >= 15 is 0 Å². The van der Waals surface area contributed by atoms with Gasteiger partial charge in [0.25, 0.3) is 0 Å². The topological polar surface area (TPSA) is 86.0 Å². The van der Waals surface area contributed by atoms with Crippen molar-refractivity contribution in [3.63, 3.8) is 0 Å². The van der Waals surface area contributed by atoms with Crippen molar-refractivity contribution >= 4 is 22.3 Å². The Balaban J connectivity index is 1.42. The van der Waals surface area contributed by atoms with Crippen LogP contribution in [0.5, 0.6) is 0 Å². The van der Waals surface area contributed by atoms with Crippen molar-refractivity contribution in [1.29, 1.82) is 5.26 Å². The Morgan fingerprint density at radius 3 is 2.61 bits per heavy atom. The van der Waals surface area contributed by atoms with Gasteiger partial charge < -0.3 is 15.5 Å². The van der Waals surface area contributed by atoms with Gasteiger partial charge in [-0.2, -0.15) is 5.26 Å². The SMILES string of the molecule is N#Cc1ccc(-c2cc(NC[C@H]3CCCNCC3)nn2-c2ccc(N3CCS(=O)CC3)cc2)cc1F. The summed E-state index contributed by atoms with van der Waals surface area (Å²) >= 11 is 0. The van der Waals surface area contributed by atoms with Crippen molar-refractivity contribution in [3.8, 4) is 23.0 Å². The molecule has 2 aliphatic rings. The largest absolute Gasteiger partial charge is 0.370 e. The first-order valence-corrected chi connectivity index (χ1v) is 14.0. The first kappa shape index (κ1) is 24.5. The Hall–Kier alpha value is -3.22. The van der Waals surface area contributed by atoms with Crippen LogP contribution in [0.25, 0.3) is 16.9 Å². The second-order valence-corrected chi connectivity index (χ2v) is 11.1. The Morgan fingerprint density at radius 1 is 1.08 bits per heavy atom. The molecule has 0 unspecified atom stereocenters. The summed E-state index contributed by atoms with van der Waals surface area (Å²) in [5, 5.41) is 20.9. The number of hydrogen-bond donors (Lipinski definition) is 2. The molecular formula is C27H31FN6OS. The van der Waals surface area contributed by atoms with Gasteiger partial charge in [0.1, 0.15) is 17.7 Å². The third kappa shape index (κ3) is 5.61. The molecule has 0 amide bonds. The molecule has 1 atom stereocenters. The van der Waals surface area contributed by atoms with Crippen LogP contribution in [0, 0.1) is 23.1 Å². The van der Waals surface area contributed by atoms with E-state index in [0.29, 0.717) is 23.0 Å². The molecule has 9 heteroatoms. The third-order valence-electron chi connectivity index (χ3n) is 7.00. The van der Waals surface area contributed by atoms with Gasteiger partial charge in [0.15, 0.2) is 0 Å². The number of halogens is 1. The monoisotopic (exact) mass is 506 g/mol. The van der Waals surface area contributed by atoms with E-state index in [4.69, 9.17) is 10.4 Å². The highest BCUT2D eigenvalue weighted by Gasteiger charge is 2.18. The molecule has 2 N–H and O–H groups in total. The number of benzene rings is 2. The number of nitrogens with zero attached hydrogens (tertiary/aromatic N) is 4. The molecule has 5 rings (SSSR count). The average molecular weight is 507 g/mol. The minimum atomic E-state index is -0.717. The van der Waals surface area contributed by atoms with Gasteiger partial charge in [-0.1, -0.05) is 6.07 Å². The van der Waals surface area contributed by atoms with Crippen LogP contribution in [-0.4, -0.2) is 58.2 Å². The summed E-state index contributed by atoms with van der Waals surface area (Å²) in [6.07, 6.45) is 3.49. The number of nitriles is 1. The van der Waals surface area contributed by atoms with Gasteiger partial charge in [0.05, 0.1) is 16.9 Å². The Bertz CT molecular complexity index is 1250. The summed E-state index contributed by atoms with van der Waals surface area (Å²) in [6.45, 7) is 4.53. The van der Waals surface area contributed by atoms with E-state index in [1.807, 2.05) is 29.0 Å². The fourth-order valence-electron chi connectivity index (χ4n) is 4.88. The second-order valence-electron chi connectivity index (χ2n) is 9.41. The first-order chi connectivity index (χ1) is 17.6. The maximum absolute atomic E-state index is 14.5. The summed E-state index contributed by atoms with van der Waals surface area (Å²) in [6, 6.07) is 16.6. The molecule has 0 radical (unpaired) electrons. The van der Waals surface area contributed by atoms with E-state index in [1.165, 1.54) is 25.0 Å². The molecular weight excluding hydrogens is 475 g/mol. The third-order valence-corrected chi connectivity index (χ3v) is 8.27. The molecule has 2 aromatic carbocycles. The van der Waals surface area contributed by atoms with Gasteiger partial charge in [-0.15, -0.1) is 5.10 Å². The van der Waals surface area contributed by atoms with Crippen molar-refractivity contribution < 1.29 is 8.60 Å². The molecule has 0 bridgehead atoms. The van der Waals surface area contributed by atoms with Crippen LogP contribution in [0.4, 0.5) is 15.9 Å². The second kappa shape index (κ2) is 11.2. The fourth-order valence-corrected chi connectivity index (χ4v) is 5.93. The van der Waals surface area contributed by atoms with E-state index in [1.54, 1.807) is 6.07 Å². The lowest BCUT2D eigenvalue weighted by molar-refractivity contribution is 0.496. The lowest BCUT2D eigenvalue weighted by Gasteiger charge is -2.28. The zero-order valence-corrected chi connectivity index (χ0v) is 21.1. The molecule has 2 fully saturated rings. The number of nitrogens with one attached hydrogen (secondary N) is 2. The van der Waals surface area contributed by atoms with Gasteiger partial charge in [-0.25, -0.2) is 9.07 Å². The lowest BCUT2D eigenvalue weighted by Crippen LogP contribution is -2.37. The minimum Gasteiger partial charge on any atom is -0.370 e. The normalized spacial score (nSPS) is 19.0. The summed E-state index contributed by atoms with van der Waals surface area (Å²) in [5.74, 6) is 2.18. The smallest absolute Gasteiger partial charge is 0.149 e. The highest BCUT2D eigenvalue weighted by atomic mass is 32.2. The highest BCUT2D eigenvalue weighted by molar-refractivity contribution is 7.85. The number of rotatable bonds is 6. The van der Waals surface area contributed by atoms with Crippen LogP contribution in [0.15, 0.2) is 48.5 Å². The first-order valence-electron chi connectivity index (χ1n) is 12.6. The van der Waals surface area contributed by atoms with Crippen molar-refractivity contribution in [2.75, 3.05) is 54.4 Å². The zero-order chi connectivity index (χ0) is 24.9. The van der Waals surface area contributed by atoms with Gasteiger partial charge in [-0.3, -0.25) is 4.21 Å². The molecule has 188 valence electrons. The summed E-state index contributed by atoms with van der Waals surface area (Å²) in [5.41, 5.74) is 3.40. The average Bonchev–Trinajstić information content (AvgIpc) is 3.15. The van der Waals surface area contributed by atoms with Crippen molar-refractivity contribution in [2.45, 2.75) is 19.3 Å². The van der Waals surface area contributed by atoms with Crippen LogP contribution in [0.2, 0.25) is 0 Å². The molecule has 3 aromatic rings. The summed E-state index contributed by atoms with van der Waals surface area (Å²) in [7, 11) is -0.717. The van der Waals surface area contributed by atoms with Crippen LogP contribution < -0.4 is 15.5 Å². The molecule has 1 aromatic heterocycles. The molecule has 0 aliphatic carbocycles. The minimum absolute atomic E-state index is 0.0250. The van der Waals surface area contributed by atoms with Gasteiger partial charge >= 0.3 is 0 Å². The predicted molar refractivity (Wildman–Crippen MR) is 142 cm³/mol. The summed E-state index contributed by atoms with van der Waals surface area (Å²) < 4.78 is 28.0. The fraction of sp³-hybridized carbons (Fsp3) is 0.407. The number of hydrogen-bond acceptors (Lipinski definition) is 6. The van der Waals surface area contributed by atoms with Crippen LogP contribution in [0.1, 0.15) is 24.8 Å². The maximum atomic E-state index is 14.5. The maximum Gasteiger partial charge on any atom is 0.149 e.